The Morgan fingerprint density at radius 2 is 1.88 bits per heavy atom. The summed E-state index contributed by atoms with van der Waals surface area (Å²) in [4.78, 5) is 15.4. The molecule has 3 rings (SSSR count). The van der Waals surface area contributed by atoms with Crippen LogP contribution in [-0.4, -0.2) is 36.2 Å². The van der Waals surface area contributed by atoms with Crippen molar-refractivity contribution in [1.82, 2.24) is 10.1 Å². The summed E-state index contributed by atoms with van der Waals surface area (Å²) in [5, 5.41) is 4.00. The first-order valence-corrected chi connectivity index (χ1v) is 8.77. The second-order valence-electron chi connectivity index (χ2n) is 6.97. The van der Waals surface area contributed by atoms with Crippen LogP contribution < -0.4 is 0 Å². The summed E-state index contributed by atoms with van der Waals surface area (Å²) >= 11 is 0. The van der Waals surface area contributed by atoms with E-state index in [0.29, 0.717) is 32.6 Å². The molecule has 1 saturated heterocycles. The second-order valence-corrected chi connectivity index (χ2v) is 6.97. The highest BCUT2D eigenvalue weighted by Crippen LogP contribution is 2.38. The lowest BCUT2D eigenvalue weighted by Gasteiger charge is -2.40. The van der Waals surface area contributed by atoms with E-state index in [-0.39, 0.29) is 5.91 Å². The number of benzene rings is 1. The van der Waals surface area contributed by atoms with Gasteiger partial charge in [-0.25, -0.2) is 0 Å². The molecule has 5 nitrogen and oxygen atoms in total. The molecule has 2 heterocycles. The molecule has 0 radical (unpaired) electrons. The predicted octanol–water partition coefficient (Wildman–Crippen LogP) is 3.31. The zero-order valence-corrected chi connectivity index (χ0v) is 15.5. The molecule has 1 aliphatic heterocycles. The first-order valence-electron chi connectivity index (χ1n) is 8.77. The van der Waals surface area contributed by atoms with Crippen molar-refractivity contribution in [3.8, 4) is 0 Å². The van der Waals surface area contributed by atoms with E-state index in [1.165, 1.54) is 0 Å². The number of likely N-dealkylation sites (N-methyl/N-ethyl adjacent to an activating group) is 1. The first-order chi connectivity index (χ1) is 12.0. The molecule has 0 saturated carbocycles. The van der Waals surface area contributed by atoms with Gasteiger partial charge in [0.05, 0.1) is 17.7 Å². The third-order valence-electron chi connectivity index (χ3n) is 5.34. The van der Waals surface area contributed by atoms with Crippen LogP contribution in [0.1, 0.15) is 41.0 Å². The summed E-state index contributed by atoms with van der Waals surface area (Å²) in [7, 11) is 1.86. The maximum Gasteiger partial charge on any atom is 0.233 e. The lowest BCUT2D eigenvalue weighted by Crippen LogP contribution is -2.48. The molecule has 1 fully saturated rings. The minimum absolute atomic E-state index is 0.144. The van der Waals surface area contributed by atoms with Crippen LogP contribution in [0.15, 0.2) is 28.8 Å². The van der Waals surface area contributed by atoms with Gasteiger partial charge in [0, 0.05) is 25.8 Å². The van der Waals surface area contributed by atoms with Crippen LogP contribution in [0.3, 0.4) is 0 Å². The number of ether oxygens (including phenoxy) is 1. The molecule has 25 heavy (non-hydrogen) atoms. The Labute approximate surface area is 148 Å². The van der Waals surface area contributed by atoms with E-state index >= 15 is 0 Å². The van der Waals surface area contributed by atoms with Crippen LogP contribution in [0.25, 0.3) is 0 Å². The average molecular weight is 342 g/mol. The number of carbonyl (C=O) groups excluding carboxylic acids is 1. The SMILES string of the molecule is Cc1ccccc1C1(C(=O)N(C)Cc2c(C)noc2C)CCOCC1. The molecule has 0 spiro atoms. The number of amides is 1. The molecule has 5 heteroatoms. The third kappa shape index (κ3) is 3.21. The van der Waals surface area contributed by atoms with Crippen molar-refractivity contribution < 1.29 is 14.1 Å². The molecule has 0 N–H and O–H groups in total. The molecule has 2 aromatic rings. The molecule has 1 aromatic heterocycles. The molecule has 0 atom stereocenters. The van der Waals surface area contributed by atoms with Gasteiger partial charge in [-0.05, 0) is 44.7 Å². The summed E-state index contributed by atoms with van der Waals surface area (Å²) in [6, 6.07) is 8.20. The van der Waals surface area contributed by atoms with Crippen LogP contribution in [0.5, 0.6) is 0 Å². The summed E-state index contributed by atoms with van der Waals surface area (Å²) < 4.78 is 10.8. The smallest absolute Gasteiger partial charge is 0.233 e. The molecule has 0 bridgehead atoms. The standard InChI is InChI=1S/C20H26N2O3/c1-14-7-5-6-8-18(14)20(9-11-24-12-10-20)19(23)22(4)13-17-15(2)21-25-16(17)3/h5-8H,9-13H2,1-4H3. The predicted molar refractivity (Wildman–Crippen MR) is 95.4 cm³/mol. The van der Waals surface area contributed by atoms with Crippen molar-refractivity contribution in [2.75, 3.05) is 20.3 Å². The van der Waals surface area contributed by atoms with E-state index in [0.717, 1.165) is 28.1 Å². The van der Waals surface area contributed by atoms with Crippen LogP contribution in [0, 0.1) is 20.8 Å². The Kier molecular flexibility index (Phi) is 4.95. The topological polar surface area (TPSA) is 55.6 Å². The molecule has 134 valence electrons. The van der Waals surface area contributed by atoms with Gasteiger partial charge in [0.15, 0.2) is 0 Å². The number of carbonyl (C=O) groups is 1. The van der Waals surface area contributed by atoms with Gasteiger partial charge in [0.2, 0.25) is 5.91 Å². The zero-order chi connectivity index (χ0) is 18.0. The second kappa shape index (κ2) is 7.00. The number of aryl methyl sites for hydroxylation is 3. The Hall–Kier alpha value is -2.14. The summed E-state index contributed by atoms with van der Waals surface area (Å²) in [6.45, 7) is 7.61. The molecule has 1 aliphatic rings. The Morgan fingerprint density at radius 1 is 1.20 bits per heavy atom. The van der Waals surface area contributed by atoms with Gasteiger partial charge < -0.3 is 14.2 Å². The largest absolute Gasteiger partial charge is 0.381 e. The van der Waals surface area contributed by atoms with Gasteiger partial charge in [-0.2, -0.15) is 0 Å². The molecule has 1 aromatic carbocycles. The normalized spacial score (nSPS) is 16.6. The number of nitrogens with zero attached hydrogens (tertiary/aromatic N) is 2. The highest BCUT2D eigenvalue weighted by Gasteiger charge is 2.44. The fourth-order valence-corrected chi connectivity index (χ4v) is 3.83. The summed E-state index contributed by atoms with van der Waals surface area (Å²) in [6.07, 6.45) is 1.42. The average Bonchev–Trinajstić information content (AvgIpc) is 2.94. The molecule has 1 amide bonds. The van der Waals surface area contributed by atoms with Crippen molar-refractivity contribution in [3.63, 3.8) is 0 Å². The van der Waals surface area contributed by atoms with Crippen molar-refractivity contribution in [2.24, 2.45) is 0 Å². The minimum atomic E-state index is -0.517. The van der Waals surface area contributed by atoms with Gasteiger partial charge >= 0.3 is 0 Å². The van der Waals surface area contributed by atoms with Gasteiger partial charge in [0.1, 0.15) is 5.76 Å². The molecule has 0 unspecified atom stereocenters. The number of hydrogen-bond donors (Lipinski definition) is 0. The van der Waals surface area contributed by atoms with E-state index in [1.54, 1.807) is 0 Å². The fraction of sp³-hybridized carbons (Fsp3) is 0.500. The number of aromatic nitrogens is 1. The fourth-order valence-electron chi connectivity index (χ4n) is 3.83. The van der Waals surface area contributed by atoms with Crippen LogP contribution in [0.4, 0.5) is 0 Å². The Bertz CT molecular complexity index is 741. The summed E-state index contributed by atoms with van der Waals surface area (Å²) in [5.74, 6) is 0.916. The Balaban J connectivity index is 1.94. The maximum absolute atomic E-state index is 13.5. The van der Waals surface area contributed by atoms with E-state index in [2.05, 4.69) is 24.2 Å². The molecule has 0 aliphatic carbocycles. The van der Waals surface area contributed by atoms with Gasteiger partial charge in [-0.3, -0.25) is 4.79 Å². The monoisotopic (exact) mass is 342 g/mol. The van der Waals surface area contributed by atoms with Crippen LogP contribution >= 0.6 is 0 Å². The van der Waals surface area contributed by atoms with Crippen LogP contribution in [-0.2, 0) is 21.5 Å². The number of hydrogen-bond acceptors (Lipinski definition) is 4. The highest BCUT2D eigenvalue weighted by atomic mass is 16.5. The van der Waals surface area contributed by atoms with Gasteiger partial charge in [0.25, 0.3) is 0 Å². The molecular formula is C20H26N2O3. The van der Waals surface area contributed by atoms with Crippen LogP contribution in [0.2, 0.25) is 0 Å². The van der Waals surface area contributed by atoms with Gasteiger partial charge in [-0.15, -0.1) is 0 Å². The lowest BCUT2D eigenvalue weighted by atomic mass is 9.71. The minimum Gasteiger partial charge on any atom is -0.381 e. The lowest BCUT2D eigenvalue weighted by molar-refractivity contribution is -0.140. The first kappa shape index (κ1) is 17.7. The van der Waals surface area contributed by atoms with Crippen molar-refractivity contribution >= 4 is 5.91 Å². The van der Waals surface area contributed by atoms with Gasteiger partial charge in [-0.1, -0.05) is 29.4 Å². The summed E-state index contributed by atoms with van der Waals surface area (Å²) in [5.41, 5.74) is 3.59. The van der Waals surface area contributed by atoms with E-state index in [9.17, 15) is 4.79 Å². The van der Waals surface area contributed by atoms with E-state index in [4.69, 9.17) is 9.26 Å². The van der Waals surface area contributed by atoms with Crippen molar-refractivity contribution in [1.29, 1.82) is 0 Å². The van der Waals surface area contributed by atoms with Crippen molar-refractivity contribution in [2.45, 2.75) is 45.6 Å². The quantitative estimate of drug-likeness (QED) is 0.855. The highest BCUT2D eigenvalue weighted by molar-refractivity contribution is 5.88. The van der Waals surface area contributed by atoms with Crippen molar-refractivity contribution in [3.05, 3.63) is 52.4 Å². The van der Waals surface area contributed by atoms with E-state index in [1.807, 2.05) is 37.9 Å². The zero-order valence-electron chi connectivity index (χ0n) is 15.5. The third-order valence-corrected chi connectivity index (χ3v) is 5.34. The Morgan fingerprint density at radius 3 is 2.48 bits per heavy atom. The number of rotatable bonds is 4. The van der Waals surface area contributed by atoms with E-state index < -0.39 is 5.41 Å². The maximum atomic E-state index is 13.5. The molecular weight excluding hydrogens is 316 g/mol.